The normalized spacial score (nSPS) is 12.5. The smallest absolute Gasteiger partial charge is 0.242 e. The first kappa shape index (κ1) is 29.6. The highest BCUT2D eigenvalue weighted by atomic mass is 79.9. The maximum atomic E-state index is 13.3. The first-order valence-corrected chi connectivity index (χ1v) is 14.3. The van der Waals surface area contributed by atoms with Crippen LogP contribution in [0.5, 0.6) is 5.75 Å². The highest BCUT2D eigenvalue weighted by molar-refractivity contribution is 9.10. The standard InChI is InChI=1S/C26H36BrN3O5S/c1-19(25(32)28-26(2,3)4)29(18-20-9-11-21(27)12-10-20)24(31)8-7-17-30(36(6,33)34)22-13-15-23(35-5)16-14-22/h9-16,19H,7-8,17-18H2,1-6H3,(H,28,32). The molecule has 2 amide bonds. The lowest BCUT2D eigenvalue weighted by Gasteiger charge is -2.32. The summed E-state index contributed by atoms with van der Waals surface area (Å²) in [4.78, 5) is 27.8. The molecule has 0 heterocycles. The van der Waals surface area contributed by atoms with Crippen LogP contribution in [0.2, 0.25) is 0 Å². The first-order valence-electron chi connectivity index (χ1n) is 11.7. The summed E-state index contributed by atoms with van der Waals surface area (Å²) in [5.41, 5.74) is 0.944. The van der Waals surface area contributed by atoms with Gasteiger partial charge in [-0.2, -0.15) is 0 Å². The van der Waals surface area contributed by atoms with Crippen LogP contribution in [0, 0.1) is 0 Å². The molecule has 0 saturated carbocycles. The minimum absolute atomic E-state index is 0.0891. The molecule has 2 aromatic carbocycles. The maximum absolute atomic E-state index is 13.3. The number of hydrogen-bond acceptors (Lipinski definition) is 5. The molecule has 0 fully saturated rings. The number of carbonyl (C=O) groups excluding carboxylic acids is 2. The van der Waals surface area contributed by atoms with Crippen molar-refractivity contribution in [3.63, 3.8) is 0 Å². The highest BCUT2D eigenvalue weighted by Crippen LogP contribution is 2.22. The number of amides is 2. The lowest BCUT2D eigenvalue weighted by atomic mass is 10.1. The minimum Gasteiger partial charge on any atom is -0.497 e. The number of carbonyl (C=O) groups is 2. The average molecular weight is 583 g/mol. The molecule has 198 valence electrons. The van der Waals surface area contributed by atoms with Gasteiger partial charge in [0.15, 0.2) is 0 Å². The van der Waals surface area contributed by atoms with Crippen LogP contribution < -0.4 is 14.4 Å². The largest absolute Gasteiger partial charge is 0.497 e. The number of sulfonamides is 1. The Kier molecular flexibility index (Phi) is 10.4. The predicted molar refractivity (Wildman–Crippen MR) is 146 cm³/mol. The van der Waals surface area contributed by atoms with Crippen molar-refractivity contribution in [1.29, 1.82) is 0 Å². The van der Waals surface area contributed by atoms with E-state index in [1.807, 2.05) is 45.0 Å². The molecule has 0 spiro atoms. The van der Waals surface area contributed by atoms with Crippen LogP contribution in [0.3, 0.4) is 0 Å². The molecule has 0 radical (unpaired) electrons. The first-order chi connectivity index (χ1) is 16.7. The molecule has 1 atom stereocenters. The molecular weight excluding hydrogens is 546 g/mol. The van der Waals surface area contributed by atoms with Gasteiger partial charge in [0.05, 0.1) is 19.1 Å². The third-order valence-electron chi connectivity index (χ3n) is 5.44. The van der Waals surface area contributed by atoms with Gasteiger partial charge < -0.3 is 15.0 Å². The summed E-state index contributed by atoms with van der Waals surface area (Å²) in [6.45, 7) is 7.76. The van der Waals surface area contributed by atoms with Crippen LogP contribution in [-0.4, -0.2) is 56.6 Å². The number of anilines is 1. The van der Waals surface area contributed by atoms with Crippen molar-refractivity contribution < 1.29 is 22.7 Å². The van der Waals surface area contributed by atoms with Crippen LogP contribution in [0.15, 0.2) is 53.0 Å². The van der Waals surface area contributed by atoms with Gasteiger partial charge in [0.2, 0.25) is 21.8 Å². The van der Waals surface area contributed by atoms with E-state index in [0.717, 1.165) is 16.3 Å². The van der Waals surface area contributed by atoms with Crippen molar-refractivity contribution in [1.82, 2.24) is 10.2 Å². The van der Waals surface area contributed by atoms with Gasteiger partial charge in [-0.05, 0) is 76.1 Å². The van der Waals surface area contributed by atoms with Gasteiger partial charge in [0.1, 0.15) is 11.8 Å². The van der Waals surface area contributed by atoms with E-state index in [2.05, 4.69) is 21.2 Å². The molecule has 0 bridgehead atoms. The fourth-order valence-electron chi connectivity index (χ4n) is 3.60. The topological polar surface area (TPSA) is 96.0 Å². The Hall–Kier alpha value is -2.59. The summed E-state index contributed by atoms with van der Waals surface area (Å²) in [7, 11) is -2.02. The molecule has 0 aliphatic rings. The number of rotatable bonds is 11. The van der Waals surface area contributed by atoms with E-state index in [-0.39, 0.29) is 31.3 Å². The SMILES string of the molecule is COc1ccc(N(CCCC(=O)N(Cc2ccc(Br)cc2)C(C)C(=O)NC(C)(C)C)S(C)(=O)=O)cc1. The highest BCUT2D eigenvalue weighted by Gasteiger charge is 2.28. The second kappa shape index (κ2) is 12.6. The molecule has 1 N–H and O–H groups in total. The van der Waals surface area contributed by atoms with Gasteiger partial charge >= 0.3 is 0 Å². The quantitative estimate of drug-likeness (QED) is 0.426. The molecule has 2 aromatic rings. The van der Waals surface area contributed by atoms with Crippen LogP contribution in [0.1, 0.15) is 46.1 Å². The molecule has 1 unspecified atom stereocenters. The molecule has 0 aliphatic carbocycles. The van der Waals surface area contributed by atoms with Crippen molar-refractivity contribution in [2.24, 2.45) is 0 Å². The number of halogens is 1. The third kappa shape index (κ3) is 9.13. The summed E-state index contributed by atoms with van der Waals surface area (Å²) in [6.07, 6.45) is 1.52. The van der Waals surface area contributed by atoms with Gasteiger partial charge in [0, 0.05) is 29.5 Å². The van der Waals surface area contributed by atoms with E-state index in [9.17, 15) is 18.0 Å². The zero-order chi connectivity index (χ0) is 27.1. The Bertz CT molecular complexity index is 1130. The molecule has 0 aliphatic heterocycles. The zero-order valence-electron chi connectivity index (χ0n) is 21.7. The van der Waals surface area contributed by atoms with Gasteiger partial charge in [0.25, 0.3) is 0 Å². The Balaban J connectivity index is 2.17. The van der Waals surface area contributed by atoms with E-state index in [4.69, 9.17) is 4.74 Å². The molecule has 0 aromatic heterocycles. The van der Waals surface area contributed by atoms with Crippen LogP contribution in [0.4, 0.5) is 5.69 Å². The molecule has 36 heavy (non-hydrogen) atoms. The molecular formula is C26H36BrN3O5S. The maximum Gasteiger partial charge on any atom is 0.242 e. The van der Waals surface area contributed by atoms with Crippen molar-refractivity contribution >= 4 is 43.5 Å². The summed E-state index contributed by atoms with van der Waals surface area (Å²) >= 11 is 3.41. The zero-order valence-corrected chi connectivity index (χ0v) is 24.1. The van der Waals surface area contributed by atoms with Crippen molar-refractivity contribution in [2.75, 3.05) is 24.2 Å². The number of benzene rings is 2. The fourth-order valence-corrected chi connectivity index (χ4v) is 4.83. The molecule has 0 saturated heterocycles. The minimum atomic E-state index is -3.56. The Morgan fingerprint density at radius 1 is 1.06 bits per heavy atom. The van der Waals surface area contributed by atoms with Gasteiger partial charge in [-0.25, -0.2) is 8.42 Å². The van der Waals surface area contributed by atoms with E-state index in [1.54, 1.807) is 36.1 Å². The lowest BCUT2D eigenvalue weighted by molar-refractivity contribution is -0.141. The third-order valence-corrected chi connectivity index (χ3v) is 7.17. The van der Waals surface area contributed by atoms with E-state index >= 15 is 0 Å². The molecule has 10 heteroatoms. The van der Waals surface area contributed by atoms with Gasteiger partial charge in [-0.1, -0.05) is 28.1 Å². The van der Waals surface area contributed by atoms with Crippen LogP contribution in [-0.2, 0) is 26.2 Å². The number of ether oxygens (including phenoxy) is 1. The van der Waals surface area contributed by atoms with Crippen molar-refractivity contribution in [3.05, 3.63) is 58.6 Å². The molecule has 8 nitrogen and oxygen atoms in total. The monoisotopic (exact) mass is 581 g/mol. The summed E-state index contributed by atoms with van der Waals surface area (Å²) in [6, 6.07) is 13.6. The van der Waals surface area contributed by atoms with Gasteiger partial charge in [-0.3, -0.25) is 13.9 Å². The van der Waals surface area contributed by atoms with Crippen molar-refractivity contribution in [2.45, 2.75) is 58.7 Å². The average Bonchev–Trinajstić information content (AvgIpc) is 2.79. The Morgan fingerprint density at radius 3 is 2.14 bits per heavy atom. The van der Waals surface area contributed by atoms with Crippen molar-refractivity contribution in [3.8, 4) is 5.75 Å². The van der Waals surface area contributed by atoms with Gasteiger partial charge in [-0.15, -0.1) is 0 Å². The fraction of sp³-hybridized carbons (Fsp3) is 0.462. The van der Waals surface area contributed by atoms with Crippen LogP contribution in [0.25, 0.3) is 0 Å². The number of nitrogens with zero attached hydrogens (tertiary/aromatic N) is 2. The predicted octanol–water partition coefficient (Wildman–Crippen LogP) is 4.34. The van der Waals surface area contributed by atoms with E-state index in [1.165, 1.54) is 11.4 Å². The number of hydrogen-bond donors (Lipinski definition) is 1. The van der Waals surface area contributed by atoms with E-state index in [0.29, 0.717) is 17.9 Å². The second-order valence-corrected chi connectivity index (χ2v) is 12.5. The summed E-state index contributed by atoms with van der Waals surface area (Å²) in [5, 5.41) is 2.94. The Labute approximate surface area is 223 Å². The Morgan fingerprint density at radius 2 is 1.64 bits per heavy atom. The summed E-state index contributed by atoms with van der Waals surface area (Å²) < 4.78 is 32.2. The molecule has 2 rings (SSSR count). The lowest BCUT2D eigenvalue weighted by Crippen LogP contribution is -2.52. The van der Waals surface area contributed by atoms with Crippen LogP contribution >= 0.6 is 15.9 Å². The number of methoxy groups -OCH3 is 1. The number of nitrogens with one attached hydrogen (secondary N) is 1. The summed E-state index contributed by atoms with van der Waals surface area (Å²) in [5.74, 6) is 0.148. The van der Waals surface area contributed by atoms with E-state index < -0.39 is 21.6 Å². The second-order valence-electron chi connectivity index (χ2n) is 9.70.